The molecular formula is C17H19F3N2O4. The van der Waals surface area contributed by atoms with Crippen LogP contribution in [-0.4, -0.2) is 52.8 Å². The second-order valence-electron chi connectivity index (χ2n) is 6.28. The summed E-state index contributed by atoms with van der Waals surface area (Å²) in [5, 5.41) is 8.66. The van der Waals surface area contributed by atoms with E-state index in [0.29, 0.717) is 5.56 Å². The summed E-state index contributed by atoms with van der Waals surface area (Å²) in [5.41, 5.74) is -0.455. The smallest absolute Gasteiger partial charge is 0.416 e. The first-order valence-electron chi connectivity index (χ1n) is 7.98. The van der Waals surface area contributed by atoms with Gasteiger partial charge in [0.2, 0.25) is 11.8 Å². The van der Waals surface area contributed by atoms with Gasteiger partial charge in [-0.1, -0.05) is 12.1 Å². The van der Waals surface area contributed by atoms with Gasteiger partial charge in [-0.2, -0.15) is 13.2 Å². The van der Waals surface area contributed by atoms with Crippen LogP contribution in [0.5, 0.6) is 0 Å². The number of aliphatic carboxylic acids is 1. The van der Waals surface area contributed by atoms with Crippen LogP contribution < -0.4 is 0 Å². The molecule has 0 radical (unpaired) electrons. The first kappa shape index (κ1) is 19.7. The van der Waals surface area contributed by atoms with Gasteiger partial charge in [-0.3, -0.25) is 14.4 Å². The van der Waals surface area contributed by atoms with Crippen LogP contribution >= 0.6 is 0 Å². The van der Waals surface area contributed by atoms with Crippen molar-refractivity contribution in [2.75, 3.05) is 20.1 Å². The SMILES string of the molecule is CN(CCC(=O)O)C(=O)C1CC(=O)N(Cc2cccc(C(F)(F)F)c2)C1. The second kappa shape index (κ2) is 7.76. The molecule has 6 nitrogen and oxygen atoms in total. The summed E-state index contributed by atoms with van der Waals surface area (Å²) >= 11 is 0. The Balaban J connectivity index is 2.00. The number of carboxylic acid groups (broad SMARTS) is 1. The molecule has 1 aromatic carbocycles. The number of carbonyl (C=O) groups is 3. The highest BCUT2D eigenvalue weighted by Gasteiger charge is 2.36. The Morgan fingerprint density at radius 3 is 2.65 bits per heavy atom. The third-order valence-corrected chi connectivity index (χ3v) is 4.23. The van der Waals surface area contributed by atoms with Gasteiger partial charge in [0.1, 0.15) is 0 Å². The molecule has 1 unspecified atom stereocenters. The molecule has 2 amide bonds. The maximum atomic E-state index is 12.8. The van der Waals surface area contributed by atoms with Gasteiger partial charge in [-0.05, 0) is 17.7 Å². The van der Waals surface area contributed by atoms with Crippen molar-refractivity contribution < 1.29 is 32.7 Å². The average molecular weight is 372 g/mol. The quantitative estimate of drug-likeness (QED) is 0.828. The lowest BCUT2D eigenvalue weighted by molar-refractivity contribution is -0.139. The van der Waals surface area contributed by atoms with Crippen molar-refractivity contribution in [1.82, 2.24) is 9.80 Å². The average Bonchev–Trinajstić information content (AvgIpc) is 2.92. The fraction of sp³-hybridized carbons (Fsp3) is 0.471. The van der Waals surface area contributed by atoms with Crippen LogP contribution in [0, 0.1) is 5.92 Å². The maximum absolute atomic E-state index is 12.8. The van der Waals surface area contributed by atoms with Crippen LogP contribution in [0.4, 0.5) is 13.2 Å². The number of alkyl halides is 3. The minimum absolute atomic E-state index is 0.00856. The van der Waals surface area contributed by atoms with Crippen molar-refractivity contribution in [3.63, 3.8) is 0 Å². The zero-order valence-electron chi connectivity index (χ0n) is 14.1. The predicted molar refractivity (Wildman–Crippen MR) is 84.9 cm³/mol. The summed E-state index contributed by atoms with van der Waals surface area (Å²) in [7, 11) is 1.46. The summed E-state index contributed by atoms with van der Waals surface area (Å²) in [6.07, 6.45) is -4.69. The molecule has 0 aromatic heterocycles. The molecule has 0 spiro atoms. The molecule has 0 bridgehead atoms. The molecule has 1 fully saturated rings. The lowest BCUT2D eigenvalue weighted by Gasteiger charge is -2.21. The third-order valence-electron chi connectivity index (χ3n) is 4.23. The van der Waals surface area contributed by atoms with E-state index in [1.165, 1.54) is 29.0 Å². The van der Waals surface area contributed by atoms with Crippen LogP contribution in [0.3, 0.4) is 0 Å². The Hall–Kier alpha value is -2.58. The highest BCUT2D eigenvalue weighted by atomic mass is 19.4. The van der Waals surface area contributed by atoms with Gasteiger partial charge in [-0.15, -0.1) is 0 Å². The van der Waals surface area contributed by atoms with Crippen molar-refractivity contribution in [2.24, 2.45) is 5.92 Å². The summed E-state index contributed by atoms with van der Waals surface area (Å²) in [6.45, 7) is 0.128. The molecule has 0 aliphatic carbocycles. The highest BCUT2D eigenvalue weighted by Crippen LogP contribution is 2.30. The number of benzene rings is 1. The number of rotatable bonds is 6. The van der Waals surface area contributed by atoms with Crippen molar-refractivity contribution in [1.29, 1.82) is 0 Å². The Bertz CT molecular complexity index is 705. The fourth-order valence-electron chi connectivity index (χ4n) is 2.84. The molecule has 142 valence electrons. The van der Waals surface area contributed by atoms with Crippen LogP contribution in [0.15, 0.2) is 24.3 Å². The van der Waals surface area contributed by atoms with Gasteiger partial charge in [-0.25, -0.2) is 0 Å². The first-order valence-corrected chi connectivity index (χ1v) is 7.98. The van der Waals surface area contributed by atoms with Gasteiger partial charge in [0, 0.05) is 33.1 Å². The molecule has 1 aliphatic heterocycles. The summed E-state index contributed by atoms with van der Waals surface area (Å²) < 4.78 is 38.3. The van der Waals surface area contributed by atoms with Crippen LogP contribution in [-0.2, 0) is 27.1 Å². The molecule has 1 N–H and O–H groups in total. The number of halogens is 3. The zero-order chi connectivity index (χ0) is 19.5. The molecule has 2 rings (SSSR count). The molecule has 1 heterocycles. The molecule has 1 aromatic rings. The summed E-state index contributed by atoms with van der Waals surface area (Å²) in [6, 6.07) is 4.72. The predicted octanol–water partition coefficient (Wildman–Crippen LogP) is 1.99. The topological polar surface area (TPSA) is 77.9 Å². The van der Waals surface area contributed by atoms with E-state index in [1.807, 2.05) is 0 Å². The van der Waals surface area contributed by atoms with E-state index in [4.69, 9.17) is 5.11 Å². The number of amides is 2. The lowest BCUT2D eigenvalue weighted by atomic mass is 10.1. The minimum atomic E-state index is -4.46. The van der Waals surface area contributed by atoms with E-state index in [2.05, 4.69) is 0 Å². The van der Waals surface area contributed by atoms with E-state index in [1.54, 1.807) is 0 Å². The molecule has 0 saturated carbocycles. The molecular weight excluding hydrogens is 353 g/mol. The Labute approximate surface area is 148 Å². The van der Waals surface area contributed by atoms with Crippen molar-refractivity contribution in [3.8, 4) is 0 Å². The lowest BCUT2D eigenvalue weighted by Crippen LogP contribution is -2.35. The normalized spacial score (nSPS) is 17.5. The molecule has 26 heavy (non-hydrogen) atoms. The largest absolute Gasteiger partial charge is 0.481 e. The number of likely N-dealkylation sites (tertiary alicyclic amines) is 1. The first-order chi connectivity index (χ1) is 12.1. The van der Waals surface area contributed by atoms with E-state index in [-0.39, 0.29) is 44.3 Å². The second-order valence-corrected chi connectivity index (χ2v) is 6.28. The number of hydrogen-bond acceptors (Lipinski definition) is 3. The third kappa shape index (κ3) is 4.96. The van der Waals surface area contributed by atoms with Gasteiger partial charge < -0.3 is 14.9 Å². The number of nitrogens with zero attached hydrogens (tertiary/aromatic N) is 2. The van der Waals surface area contributed by atoms with Crippen molar-refractivity contribution in [3.05, 3.63) is 35.4 Å². The van der Waals surface area contributed by atoms with Gasteiger partial charge in [0.25, 0.3) is 0 Å². The zero-order valence-corrected chi connectivity index (χ0v) is 14.1. The summed E-state index contributed by atoms with van der Waals surface area (Å²) in [4.78, 5) is 37.6. The Morgan fingerprint density at radius 2 is 2.04 bits per heavy atom. The number of hydrogen-bond donors (Lipinski definition) is 1. The van der Waals surface area contributed by atoms with Crippen LogP contribution in [0.1, 0.15) is 24.0 Å². The van der Waals surface area contributed by atoms with E-state index in [0.717, 1.165) is 12.1 Å². The van der Waals surface area contributed by atoms with E-state index in [9.17, 15) is 27.6 Å². The van der Waals surface area contributed by atoms with Gasteiger partial charge in [0.15, 0.2) is 0 Å². The molecule has 1 atom stereocenters. The number of carbonyl (C=O) groups excluding carboxylic acids is 2. The maximum Gasteiger partial charge on any atom is 0.416 e. The molecule has 1 saturated heterocycles. The van der Waals surface area contributed by atoms with Crippen LogP contribution in [0.25, 0.3) is 0 Å². The monoisotopic (exact) mass is 372 g/mol. The minimum Gasteiger partial charge on any atom is -0.481 e. The van der Waals surface area contributed by atoms with E-state index < -0.39 is 23.6 Å². The van der Waals surface area contributed by atoms with Gasteiger partial charge >= 0.3 is 12.1 Å². The molecule has 1 aliphatic rings. The fourth-order valence-corrected chi connectivity index (χ4v) is 2.84. The standard InChI is InChI=1S/C17H19F3N2O4/c1-21(6-5-15(24)25)16(26)12-8-14(23)22(10-12)9-11-3-2-4-13(7-11)17(18,19)20/h2-4,7,12H,5-6,8-10H2,1H3,(H,24,25). The van der Waals surface area contributed by atoms with Crippen molar-refractivity contribution >= 4 is 17.8 Å². The Kier molecular flexibility index (Phi) is 5.89. The van der Waals surface area contributed by atoms with Gasteiger partial charge in [0.05, 0.1) is 17.9 Å². The summed E-state index contributed by atoms with van der Waals surface area (Å²) in [5.74, 6) is -2.30. The van der Waals surface area contributed by atoms with E-state index >= 15 is 0 Å². The molecule has 9 heteroatoms. The number of carboxylic acids is 1. The van der Waals surface area contributed by atoms with Crippen molar-refractivity contribution in [2.45, 2.75) is 25.6 Å². The Morgan fingerprint density at radius 1 is 1.35 bits per heavy atom. The van der Waals surface area contributed by atoms with Crippen LogP contribution in [0.2, 0.25) is 0 Å². The highest BCUT2D eigenvalue weighted by molar-refractivity contribution is 5.89.